The van der Waals surface area contributed by atoms with Gasteiger partial charge in [-0.15, -0.1) is 0 Å². The molecule has 0 N–H and O–H groups in total. The highest BCUT2D eigenvalue weighted by Crippen LogP contribution is 2.63. The smallest absolute Gasteiger partial charge is 0.0346 e. The van der Waals surface area contributed by atoms with E-state index in [1.807, 2.05) is 24.5 Å². The van der Waals surface area contributed by atoms with E-state index in [-0.39, 0.29) is 0 Å². The largest absolute Gasteiger partial charge is 0.264 e. The lowest BCUT2D eigenvalue weighted by atomic mass is 9.80. The van der Waals surface area contributed by atoms with E-state index in [9.17, 15) is 0 Å². The first kappa shape index (κ1) is 27.1. The molecule has 210 valence electrons. The van der Waals surface area contributed by atoms with Crippen LogP contribution in [0, 0.1) is 0 Å². The Morgan fingerprint density at radius 1 is 0.930 bits per heavy atom. The van der Waals surface area contributed by atoms with Crippen LogP contribution in [0.1, 0.15) is 66.3 Å². The molecule has 1 fully saturated rings. The Hall–Kier alpha value is -4.75. The second kappa shape index (κ2) is 11.2. The number of benzene rings is 4. The third-order valence-corrected chi connectivity index (χ3v) is 9.36. The molecule has 1 heteroatoms. The van der Waals surface area contributed by atoms with Crippen LogP contribution in [0.4, 0.5) is 0 Å². The molecule has 5 aromatic rings. The highest BCUT2D eigenvalue weighted by molar-refractivity contribution is 6.02. The van der Waals surface area contributed by atoms with E-state index in [1.54, 1.807) is 0 Å². The molecule has 0 amide bonds. The van der Waals surface area contributed by atoms with Gasteiger partial charge in [-0.1, -0.05) is 118 Å². The molecule has 2 aliphatic rings. The third kappa shape index (κ3) is 4.79. The lowest BCUT2D eigenvalue weighted by Gasteiger charge is -2.24. The first-order chi connectivity index (χ1) is 21.1. The lowest BCUT2D eigenvalue weighted by Crippen LogP contribution is -2.27. The molecule has 1 nitrogen and oxygen atoms in total. The van der Waals surface area contributed by atoms with Crippen molar-refractivity contribution in [1.29, 1.82) is 0 Å². The highest BCUT2D eigenvalue weighted by Gasteiger charge is 2.46. The molecule has 0 radical (unpaired) electrons. The Kier molecular flexibility index (Phi) is 7.03. The van der Waals surface area contributed by atoms with E-state index in [2.05, 4.69) is 123 Å². The Balaban J connectivity index is 1.33. The molecular formula is C42H37N. The summed E-state index contributed by atoms with van der Waals surface area (Å²) in [6, 6.07) is 27.2. The average Bonchev–Trinajstić information content (AvgIpc) is 3.85. The second-order valence-electron chi connectivity index (χ2n) is 12.0. The summed E-state index contributed by atoms with van der Waals surface area (Å²) >= 11 is 0. The minimum atomic E-state index is 0.631. The van der Waals surface area contributed by atoms with Crippen LogP contribution < -0.4 is 10.4 Å². The Morgan fingerprint density at radius 2 is 1.77 bits per heavy atom. The fourth-order valence-electron chi connectivity index (χ4n) is 7.05. The van der Waals surface area contributed by atoms with Crippen LogP contribution >= 0.6 is 0 Å². The number of hydrogen-bond donors (Lipinski definition) is 0. The maximum absolute atomic E-state index is 4.49. The summed E-state index contributed by atoms with van der Waals surface area (Å²) in [5.41, 5.74) is 13.5. The van der Waals surface area contributed by atoms with Gasteiger partial charge in [-0.25, -0.2) is 0 Å². The summed E-state index contributed by atoms with van der Waals surface area (Å²) in [4.78, 5) is 4.38. The zero-order valence-corrected chi connectivity index (χ0v) is 25.1. The van der Waals surface area contributed by atoms with Crippen molar-refractivity contribution in [3.8, 4) is 22.3 Å². The minimum absolute atomic E-state index is 0.631. The standard InChI is InChI=1S/C42H37N/c1-5-7-11-30-19-18-29(28(4)33(30)10-6-2)17-16-27(3)31-20-21-36-39-25-40(39)38-15-9-14-37(42(38)41(36)24-31)35-13-8-12-32-26-43-23-22-34(32)35/h5,7-9,11-24,26,39-40H,1,4,6,10,25H2,2-3H3/b11-7-,27-16+,29-17-. The molecule has 0 spiro atoms. The number of pyridine rings is 1. The lowest BCUT2D eigenvalue weighted by molar-refractivity contribution is 0.911. The van der Waals surface area contributed by atoms with Gasteiger partial charge in [-0.3, -0.25) is 4.98 Å². The number of rotatable bonds is 7. The minimum Gasteiger partial charge on any atom is -0.264 e. The molecule has 7 rings (SSSR count). The van der Waals surface area contributed by atoms with E-state index in [0.29, 0.717) is 11.8 Å². The average molecular weight is 556 g/mol. The molecule has 2 aliphatic carbocycles. The quantitative estimate of drug-likeness (QED) is 0.182. The molecule has 1 aromatic heterocycles. The number of fused-ring (bicyclic) bond motifs is 7. The third-order valence-electron chi connectivity index (χ3n) is 9.36. The molecule has 2 atom stereocenters. The normalized spacial score (nSPS) is 17.5. The molecule has 4 aromatic carbocycles. The van der Waals surface area contributed by atoms with Gasteiger partial charge < -0.3 is 0 Å². The summed E-state index contributed by atoms with van der Waals surface area (Å²) in [6.45, 7) is 12.8. The Labute approximate surface area is 255 Å². The summed E-state index contributed by atoms with van der Waals surface area (Å²) in [6.07, 6.45) is 17.7. The monoisotopic (exact) mass is 555 g/mol. The maximum atomic E-state index is 4.49. The van der Waals surface area contributed by atoms with Gasteiger partial charge >= 0.3 is 0 Å². The van der Waals surface area contributed by atoms with Gasteiger partial charge in [0, 0.05) is 17.8 Å². The number of allylic oxidation sites excluding steroid dienone is 4. The van der Waals surface area contributed by atoms with Crippen molar-refractivity contribution >= 4 is 35.1 Å². The van der Waals surface area contributed by atoms with Gasteiger partial charge in [-0.2, -0.15) is 0 Å². The van der Waals surface area contributed by atoms with Crippen LogP contribution in [0.3, 0.4) is 0 Å². The van der Waals surface area contributed by atoms with Crippen molar-refractivity contribution in [2.75, 3.05) is 0 Å². The van der Waals surface area contributed by atoms with Crippen molar-refractivity contribution in [3.05, 3.63) is 148 Å². The second-order valence-corrected chi connectivity index (χ2v) is 12.0. The zero-order valence-electron chi connectivity index (χ0n) is 25.1. The molecule has 0 aliphatic heterocycles. The van der Waals surface area contributed by atoms with Crippen LogP contribution in [-0.4, -0.2) is 4.98 Å². The van der Waals surface area contributed by atoms with Gasteiger partial charge in [0.05, 0.1) is 0 Å². The van der Waals surface area contributed by atoms with Crippen LogP contribution in [0.25, 0.3) is 57.3 Å². The highest BCUT2D eigenvalue weighted by atomic mass is 14.6. The van der Waals surface area contributed by atoms with E-state index >= 15 is 0 Å². The van der Waals surface area contributed by atoms with Crippen molar-refractivity contribution < 1.29 is 0 Å². The van der Waals surface area contributed by atoms with Crippen LogP contribution in [0.2, 0.25) is 0 Å². The summed E-state index contributed by atoms with van der Waals surface area (Å²) in [5.74, 6) is 1.27. The van der Waals surface area contributed by atoms with Gasteiger partial charge in [-0.05, 0) is 115 Å². The van der Waals surface area contributed by atoms with E-state index in [4.69, 9.17) is 0 Å². The van der Waals surface area contributed by atoms with Gasteiger partial charge in [0.15, 0.2) is 0 Å². The molecule has 43 heavy (non-hydrogen) atoms. The molecular weight excluding hydrogens is 518 g/mol. The van der Waals surface area contributed by atoms with E-state index in [0.717, 1.165) is 18.1 Å². The zero-order chi connectivity index (χ0) is 29.5. The number of aromatic nitrogens is 1. The van der Waals surface area contributed by atoms with Crippen LogP contribution in [0.5, 0.6) is 0 Å². The number of hydrogen-bond acceptors (Lipinski definition) is 1. The predicted molar refractivity (Wildman–Crippen MR) is 185 cm³/mol. The fraction of sp³-hybridized carbons (Fsp3) is 0.167. The van der Waals surface area contributed by atoms with Crippen molar-refractivity contribution in [3.63, 3.8) is 0 Å². The molecule has 2 unspecified atom stereocenters. The molecule has 0 saturated heterocycles. The molecule has 1 heterocycles. The first-order valence-electron chi connectivity index (χ1n) is 15.5. The predicted octanol–water partition coefficient (Wildman–Crippen LogP) is 9.60. The Bertz CT molecular complexity index is 2070. The molecule has 1 saturated carbocycles. The van der Waals surface area contributed by atoms with E-state index < -0.39 is 0 Å². The van der Waals surface area contributed by atoms with Crippen molar-refractivity contribution in [1.82, 2.24) is 4.98 Å². The molecule has 0 bridgehead atoms. The van der Waals surface area contributed by atoms with Crippen molar-refractivity contribution in [2.45, 2.75) is 44.9 Å². The van der Waals surface area contributed by atoms with E-state index in [1.165, 1.54) is 78.1 Å². The summed E-state index contributed by atoms with van der Waals surface area (Å²) in [7, 11) is 0. The fourth-order valence-corrected chi connectivity index (χ4v) is 7.05. The summed E-state index contributed by atoms with van der Waals surface area (Å²) in [5, 5.41) is 4.73. The summed E-state index contributed by atoms with van der Waals surface area (Å²) < 4.78 is 0. The van der Waals surface area contributed by atoms with Crippen molar-refractivity contribution in [2.24, 2.45) is 0 Å². The Morgan fingerprint density at radius 3 is 2.63 bits per heavy atom. The number of nitrogens with zero attached hydrogens (tertiary/aromatic N) is 1. The van der Waals surface area contributed by atoms with Crippen LogP contribution in [-0.2, 0) is 6.42 Å². The van der Waals surface area contributed by atoms with Gasteiger partial charge in [0.1, 0.15) is 0 Å². The van der Waals surface area contributed by atoms with Gasteiger partial charge in [0.25, 0.3) is 0 Å². The van der Waals surface area contributed by atoms with Crippen LogP contribution in [0.15, 0.2) is 110 Å². The topological polar surface area (TPSA) is 12.9 Å². The van der Waals surface area contributed by atoms with Gasteiger partial charge in [0.2, 0.25) is 0 Å². The first-order valence-corrected chi connectivity index (χ1v) is 15.5. The SMILES string of the molecule is C=C/C=C\c1cc/c(=C/C=C(\C)c2ccc3c(c2)-c2c(-c4cccc5cnccc45)cccc2C2CC32)c(=C)c1CCC. The maximum Gasteiger partial charge on any atom is 0.0346 e.